The number of hydrogen-bond acceptors (Lipinski definition) is 7. The maximum absolute atomic E-state index is 12.1. The molecule has 0 saturated heterocycles. The number of amidine groups is 1. The van der Waals surface area contributed by atoms with Crippen LogP contribution in [0.25, 0.3) is 0 Å². The molecule has 158 valence electrons. The molecule has 0 aliphatic heterocycles. The third-order valence-electron chi connectivity index (χ3n) is 3.36. The highest BCUT2D eigenvalue weighted by Crippen LogP contribution is 2.01. The molecule has 0 aliphatic carbocycles. The Labute approximate surface area is 168 Å². The molecule has 0 aromatic carbocycles. The van der Waals surface area contributed by atoms with Gasteiger partial charge in [-0.3, -0.25) is 14.4 Å². The molecule has 3 amide bonds. The summed E-state index contributed by atoms with van der Waals surface area (Å²) in [5.41, 5.74) is 5.49. The molecule has 0 radical (unpaired) electrons. The minimum atomic E-state index is -0.948. The molecule has 0 aromatic heterocycles. The van der Waals surface area contributed by atoms with Gasteiger partial charge in [0.05, 0.1) is 6.04 Å². The first-order valence-corrected chi connectivity index (χ1v) is 9.11. The Bertz CT molecular complexity index is 612. The zero-order chi connectivity index (χ0) is 21.7. The van der Waals surface area contributed by atoms with E-state index in [0.717, 1.165) is 0 Å². The summed E-state index contributed by atoms with van der Waals surface area (Å²) in [6, 6.07) is -2.85. The first-order chi connectivity index (χ1) is 13.1. The summed E-state index contributed by atoms with van der Waals surface area (Å²) in [5, 5.41) is 6.57. The molecular weight excluding hydrogens is 390 g/mol. The van der Waals surface area contributed by atoms with Crippen LogP contribution >= 0.6 is 12.6 Å². The first kappa shape index (κ1) is 25.4. The fourth-order valence-electron chi connectivity index (χ4n) is 1.88. The second kappa shape index (κ2) is 13.5. The molecule has 0 aliphatic rings. The lowest BCUT2D eigenvalue weighted by molar-refractivity contribution is -0.137. The molecule has 0 fully saturated rings. The van der Waals surface area contributed by atoms with Gasteiger partial charge in [0.2, 0.25) is 11.8 Å². The van der Waals surface area contributed by atoms with Crippen molar-refractivity contribution in [3.63, 3.8) is 0 Å². The van der Waals surface area contributed by atoms with E-state index in [1.807, 2.05) is 0 Å². The molecule has 28 heavy (non-hydrogen) atoms. The predicted molar refractivity (Wildman–Crippen MR) is 105 cm³/mol. The number of hydrogen-bond donors (Lipinski definition) is 5. The lowest BCUT2D eigenvalue weighted by Gasteiger charge is -2.19. The van der Waals surface area contributed by atoms with Crippen molar-refractivity contribution < 1.29 is 28.7 Å². The number of amides is 3. The maximum Gasteiger partial charge on any atom is 0.336 e. The maximum atomic E-state index is 12.1. The van der Waals surface area contributed by atoms with Crippen LogP contribution in [0.15, 0.2) is 4.99 Å². The Balaban J connectivity index is 4.60. The van der Waals surface area contributed by atoms with E-state index in [9.17, 15) is 24.0 Å². The van der Waals surface area contributed by atoms with Gasteiger partial charge in [-0.15, -0.1) is 0 Å². The number of aliphatic imine (C=N–C) groups is 1. The largest absolute Gasteiger partial charge is 0.391 e. The summed E-state index contributed by atoms with van der Waals surface area (Å²) in [7, 11) is 0. The van der Waals surface area contributed by atoms with Crippen LogP contribution in [-0.4, -0.2) is 60.0 Å². The third kappa shape index (κ3) is 11.2. The number of nitrogens with zero attached hydrogens (tertiary/aromatic N) is 1. The summed E-state index contributed by atoms with van der Waals surface area (Å²) >= 11 is 3.48. The van der Waals surface area contributed by atoms with Gasteiger partial charge in [0.1, 0.15) is 18.4 Å². The number of nitrogens with one attached hydrogen (secondary N) is 3. The van der Waals surface area contributed by atoms with E-state index in [2.05, 4.69) is 33.6 Å². The van der Waals surface area contributed by atoms with Crippen molar-refractivity contribution in [2.75, 3.05) is 6.54 Å². The van der Waals surface area contributed by atoms with E-state index >= 15 is 0 Å². The van der Waals surface area contributed by atoms with Crippen molar-refractivity contribution in [2.45, 2.75) is 58.2 Å². The lowest BCUT2D eigenvalue weighted by Crippen LogP contribution is -2.49. The second-order valence-electron chi connectivity index (χ2n) is 5.86. The van der Waals surface area contributed by atoms with Gasteiger partial charge >= 0.3 is 5.97 Å². The van der Waals surface area contributed by atoms with E-state index in [1.54, 1.807) is 6.92 Å². The van der Waals surface area contributed by atoms with Crippen molar-refractivity contribution in [1.82, 2.24) is 16.0 Å². The number of carbonyl (C=O) groups excluding carboxylic acids is 5. The predicted octanol–water partition coefficient (Wildman–Crippen LogP) is -0.749. The van der Waals surface area contributed by atoms with E-state index in [1.165, 1.54) is 13.8 Å². The Kier molecular flexibility index (Phi) is 12.3. The van der Waals surface area contributed by atoms with Gasteiger partial charge in [0.15, 0.2) is 0 Å². The summed E-state index contributed by atoms with van der Waals surface area (Å²) in [5.74, 6) is -1.60. The average molecular weight is 417 g/mol. The van der Waals surface area contributed by atoms with Crippen molar-refractivity contribution in [2.24, 2.45) is 10.7 Å². The van der Waals surface area contributed by atoms with Crippen molar-refractivity contribution in [3.05, 3.63) is 0 Å². The summed E-state index contributed by atoms with van der Waals surface area (Å²) < 4.78 is 4.77. The van der Waals surface area contributed by atoms with Crippen LogP contribution in [0, 0.1) is 0 Å². The first-order valence-electron chi connectivity index (χ1n) is 8.66. The molecule has 0 bridgehead atoms. The quantitative estimate of drug-likeness (QED) is 0.0735. The highest BCUT2D eigenvalue weighted by molar-refractivity contribution is 7.96. The molecule has 5 N–H and O–H groups in total. The number of thiol groups is 1. The minimum Gasteiger partial charge on any atom is -0.391 e. The Morgan fingerprint density at radius 3 is 2.36 bits per heavy atom. The number of aldehydes is 1. The van der Waals surface area contributed by atoms with Crippen LogP contribution in [0.5, 0.6) is 0 Å². The Hall–Kier alpha value is -2.63. The van der Waals surface area contributed by atoms with Gasteiger partial charge in [-0.1, -0.05) is 19.6 Å². The molecule has 3 atom stereocenters. The summed E-state index contributed by atoms with van der Waals surface area (Å²) in [6.07, 6.45) is 1.36. The van der Waals surface area contributed by atoms with Gasteiger partial charge in [-0.2, -0.15) is 0 Å². The summed E-state index contributed by atoms with van der Waals surface area (Å²) in [6.45, 7) is 4.68. The second-order valence-corrected chi connectivity index (χ2v) is 6.27. The zero-order valence-corrected chi connectivity index (χ0v) is 17.0. The van der Waals surface area contributed by atoms with Gasteiger partial charge in [0.25, 0.3) is 11.3 Å². The summed E-state index contributed by atoms with van der Waals surface area (Å²) in [4.78, 5) is 60.7. The molecule has 0 rings (SSSR count). The van der Waals surface area contributed by atoms with Gasteiger partial charge in [0, 0.05) is 13.0 Å². The standard InChI is InChI=1S/C16H27N5O6S/c1-4-12(23)21-11(13(24)19-9(2)8-22)6-5-7-18-15(17)27-14(25)10(3)20-16(26)28/h8-11H,4-7H2,1-3H3,(H2,17,18)(H,19,24)(H,21,23)(H2,20,26,28). The third-order valence-corrected chi connectivity index (χ3v) is 3.49. The molecule has 0 saturated carbocycles. The van der Waals surface area contributed by atoms with Crippen LogP contribution in [0.2, 0.25) is 0 Å². The molecule has 0 heterocycles. The molecular formula is C16H27N5O6S. The average Bonchev–Trinajstić information content (AvgIpc) is 2.62. The molecule has 12 heteroatoms. The molecule has 0 aromatic rings. The fraction of sp³-hybridized carbons (Fsp3) is 0.625. The van der Waals surface area contributed by atoms with E-state index in [0.29, 0.717) is 12.7 Å². The monoisotopic (exact) mass is 417 g/mol. The van der Waals surface area contributed by atoms with Crippen molar-refractivity contribution in [3.8, 4) is 0 Å². The van der Waals surface area contributed by atoms with Gasteiger partial charge < -0.3 is 31.2 Å². The van der Waals surface area contributed by atoms with E-state index in [4.69, 9.17) is 10.5 Å². The van der Waals surface area contributed by atoms with E-state index in [-0.39, 0.29) is 25.3 Å². The minimum absolute atomic E-state index is 0.126. The number of nitrogens with two attached hydrogens (primary N) is 1. The van der Waals surface area contributed by atoms with Crippen LogP contribution in [0.3, 0.4) is 0 Å². The van der Waals surface area contributed by atoms with Crippen LogP contribution in [0.4, 0.5) is 4.79 Å². The normalized spacial score (nSPS) is 14.2. The molecule has 3 unspecified atom stereocenters. The Morgan fingerprint density at radius 2 is 1.82 bits per heavy atom. The van der Waals surface area contributed by atoms with Crippen molar-refractivity contribution in [1.29, 1.82) is 0 Å². The highest BCUT2D eigenvalue weighted by atomic mass is 32.1. The van der Waals surface area contributed by atoms with Crippen LogP contribution < -0.4 is 21.7 Å². The number of ether oxygens (including phenoxy) is 1. The van der Waals surface area contributed by atoms with Crippen LogP contribution in [-0.2, 0) is 23.9 Å². The number of carbonyl (C=O) groups is 5. The number of rotatable bonds is 11. The molecule has 11 nitrogen and oxygen atoms in total. The lowest BCUT2D eigenvalue weighted by atomic mass is 10.1. The van der Waals surface area contributed by atoms with Gasteiger partial charge in [-0.05, 0) is 26.7 Å². The smallest absolute Gasteiger partial charge is 0.336 e. The topological polar surface area (TPSA) is 169 Å². The zero-order valence-electron chi connectivity index (χ0n) is 16.1. The Morgan fingerprint density at radius 1 is 1.18 bits per heavy atom. The highest BCUT2D eigenvalue weighted by Gasteiger charge is 2.21. The molecule has 0 spiro atoms. The van der Waals surface area contributed by atoms with Gasteiger partial charge in [-0.25, -0.2) is 9.79 Å². The fourth-order valence-corrected chi connectivity index (χ4v) is 2.07. The van der Waals surface area contributed by atoms with Crippen LogP contribution in [0.1, 0.15) is 40.0 Å². The SMILES string of the molecule is CCC(=O)NC(CCCN=C(N)OC(=O)C(C)NC(=O)S)C(=O)NC(C)C=O. The van der Waals surface area contributed by atoms with Crippen molar-refractivity contribution >= 4 is 48.0 Å². The van der Waals surface area contributed by atoms with E-state index < -0.39 is 41.3 Å². The number of esters is 1.